The number of carbonyl (C=O) groups excluding carboxylic acids is 2. The fourth-order valence-electron chi connectivity index (χ4n) is 2.50. The van der Waals surface area contributed by atoms with Gasteiger partial charge >= 0.3 is 5.97 Å². The van der Waals surface area contributed by atoms with E-state index in [1.807, 2.05) is 26.0 Å². The van der Waals surface area contributed by atoms with Crippen molar-refractivity contribution in [2.24, 2.45) is 0 Å². The van der Waals surface area contributed by atoms with E-state index in [1.54, 1.807) is 23.6 Å². The molecular weight excluding hydrogens is 353 g/mol. The molecule has 0 aliphatic carbocycles. The number of aromatic nitrogens is 1. The molecule has 0 fully saturated rings. The standard InChI is InChI=1S/C20H16FNO3S/c1-12-3-8-16(13(2)9-12)18(23)10-25-20(24)17-11-26-19(22-17)14-4-6-15(21)7-5-14/h3-9,11H,10H2,1-2H3. The Labute approximate surface area is 154 Å². The van der Waals surface area contributed by atoms with Crippen molar-refractivity contribution in [1.29, 1.82) is 0 Å². The van der Waals surface area contributed by atoms with E-state index in [9.17, 15) is 14.0 Å². The van der Waals surface area contributed by atoms with Crippen LogP contribution in [0.3, 0.4) is 0 Å². The predicted octanol–water partition coefficient (Wildman–Crippen LogP) is 4.61. The minimum Gasteiger partial charge on any atom is -0.453 e. The highest BCUT2D eigenvalue weighted by Crippen LogP contribution is 2.24. The normalized spacial score (nSPS) is 10.6. The summed E-state index contributed by atoms with van der Waals surface area (Å²) in [6.07, 6.45) is 0. The molecule has 0 radical (unpaired) electrons. The van der Waals surface area contributed by atoms with Gasteiger partial charge < -0.3 is 4.74 Å². The molecule has 6 heteroatoms. The number of carbonyl (C=O) groups is 2. The molecule has 2 aromatic carbocycles. The SMILES string of the molecule is Cc1ccc(C(=O)COC(=O)c2csc(-c3ccc(F)cc3)n2)c(C)c1. The Morgan fingerprint density at radius 3 is 2.54 bits per heavy atom. The highest BCUT2D eigenvalue weighted by molar-refractivity contribution is 7.13. The molecule has 1 heterocycles. The lowest BCUT2D eigenvalue weighted by atomic mass is 10.0. The van der Waals surface area contributed by atoms with Crippen LogP contribution in [-0.2, 0) is 4.74 Å². The number of nitrogens with zero attached hydrogens (tertiary/aromatic N) is 1. The Morgan fingerprint density at radius 2 is 1.85 bits per heavy atom. The monoisotopic (exact) mass is 369 g/mol. The van der Waals surface area contributed by atoms with Gasteiger partial charge in [0.15, 0.2) is 12.3 Å². The van der Waals surface area contributed by atoms with Gasteiger partial charge in [-0.1, -0.05) is 23.8 Å². The number of Topliss-reactive ketones (excluding diaryl/α,β-unsaturated/α-hetero) is 1. The Hall–Kier alpha value is -2.86. The van der Waals surface area contributed by atoms with Crippen molar-refractivity contribution in [2.75, 3.05) is 6.61 Å². The van der Waals surface area contributed by atoms with Crippen LogP contribution in [-0.4, -0.2) is 23.3 Å². The molecule has 3 aromatic rings. The van der Waals surface area contributed by atoms with Crippen LogP contribution in [0.5, 0.6) is 0 Å². The lowest BCUT2D eigenvalue weighted by molar-refractivity contribution is 0.0469. The number of halogens is 1. The maximum absolute atomic E-state index is 13.0. The van der Waals surface area contributed by atoms with E-state index < -0.39 is 5.97 Å². The first-order chi connectivity index (χ1) is 12.4. The van der Waals surface area contributed by atoms with Crippen LogP contribution in [0.25, 0.3) is 10.6 Å². The summed E-state index contributed by atoms with van der Waals surface area (Å²) >= 11 is 1.25. The van der Waals surface area contributed by atoms with Crippen LogP contribution in [0.2, 0.25) is 0 Å². The third kappa shape index (κ3) is 4.03. The van der Waals surface area contributed by atoms with Crippen molar-refractivity contribution >= 4 is 23.1 Å². The highest BCUT2D eigenvalue weighted by Gasteiger charge is 2.16. The van der Waals surface area contributed by atoms with E-state index in [-0.39, 0.29) is 23.9 Å². The van der Waals surface area contributed by atoms with Gasteiger partial charge in [0, 0.05) is 16.5 Å². The zero-order valence-electron chi connectivity index (χ0n) is 14.3. The van der Waals surface area contributed by atoms with Crippen molar-refractivity contribution in [3.63, 3.8) is 0 Å². The number of benzene rings is 2. The second-order valence-electron chi connectivity index (χ2n) is 5.86. The maximum Gasteiger partial charge on any atom is 0.358 e. The molecule has 0 aliphatic rings. The van der Waals surface area contributed by atoms with Crippen LogP contribution < -0.4 is 0 Å². The molecule has 4 nitrogen and oxygen atoms in total. The molecule has 0 aliphatic heterocycles. The summed E-state index contributed by atoms with van der Waals surface area (Å²) in [7, 11) is 0. The minimum atomic E-state index is -0.660. The second kappa shape index (κ2) is 7.58. The van der Waals surface area contributed by atoms with Crippen LogP contribution in [0.4, 0.5) is 4.39 Å². The van der Waals surface area contributed by atoms with E-state index in [0.717, 1.165) is 11.1 Å². The van der Waals surface area contributed by atoms with Crippen LogP contribution in [0.15, 0.2) is 47.8 Å². The maximum atomic E-state index is 13.0. The van der Waals surface area contributed by atoms with Gasteiger partial charge in [-0.3, -0.25) is 4.79 Å². The number of rotatable bonds is 5. The number of hydrogen-bond donors (Lipinski definition) is 0. The zero-order valence-corrected chi connectivity index (χ0v) is 15.1. The largest absolute Gasteiger partial charge is 0.453 e. The number of ether oxygens (including phenoxy) is 1. The summed E-state index contributed by atoms with van der Waals surface area (Å²) in [5.41, 5.74) is 3.28. The molecule has 132 valence electrons. The number of esters is 1. The number of thiazole rings is 1. The third-order valence-corrected chi connectivity index (χ3v) is 4.71. The summed E-state index contributed by atoms with van der Waals surface area (Å²) in [5, 5.41) is 2.14. The van der Waals surface area contributed by atoms with Crippen LogP contribution >= 0.6 is 11.3 Å². The van der Waals surface area contributed by atoms with E-state index >= 15 is 0 Å². The quantitative estimate of drug-likeness (QED) is 0.487. The van der Waals surface area contributed by atoms with E-state index in [1.165, 1.54) is 23.5 Å². The van der Waals surface area contributed by atoms with Gasteiger partial charge in [-0.05, 0) is 43.7 Å². The molecule has 26 heavy (non-hydrogen) atoms. The van der Waals surface area contributed by atoms with E-state index in [0.29, 0.717) is 16.1 Å². The number of hydrogen-bond acceptors (Lipinski definition) is 5. The lowest BCUT2D eigenvalue weighted by Gasteiger charge is -2.06. The molecule has 0 atom stereocenters. The van der Waals surface area contributed by atoms with Crippen molar-refractivity contribution in [3.8, 4) is 10.6 Å². The third-order valence-electron chi connectivity index (χ3n) is 3.82. The van der Waals surface area contributed by atoms with Crippen molar-refractivity contribution in [3.05, 3.63) is 76.0 Å². The zero-order chi connectivity index (χ0) is 18.7. The second-order valence-corrected chi connectivity index (χ2v) is 6.72. The van der Waals surface area contributed by atoms with Gasteiger partial charge in [0.1, 0.15) is 10.8 Å². The number of ketones is 1. The van der Waals surface area contributed by atoms with Crippen molar-refractivity contribution < 1.29 is 18.7 Å². The Balaban J connectivity index is 1.65. The summed E-state index contributed by atoms with van der Waals surface area (Å²) in [6, 6.07) is 11.3. The first-order valence-electron chi connectivity index (χ1n) is 7.93. The van der Waals surface area contributed by atoms with Crippen molar-refractivity contribution in [1.82, 2.24) is 4.98 Å². The first-order valence-corrected chi connectivity index (χ1v) is 8.81. The molecule has 3 rings (SSSR count). The molecule has 0 N–H and O–H groups in total. The molecule has 1 aromatic heterocycles. The number of aryl methyl sites for hydroxylation is 2. The smallest absolute Gasteiger partial charge is 0.358 e. The van der Waals surface area contributed by atoms with Crippen LogP contribution in [0.1, 0.15) is 32.0 Å². The molecule has 0 amide bonds. The average Bonchev–Trinajstić information content (AvgIpc) is 3.10. The minimum absolute atomic E-state index is 0.128. The summed E-state index contributed by atoms with van der Waals surface area (Å²) in [4.78, 5) is 28.6. The summed E-state index contributed by atoms with van der Waals surface area (Å²) in [5.74, 6) is -1.26. The topological polar surface area (TPSA) is 56.3 Å². The lowest BCUT2D eigenvalue weighted by Crippen LogP contribution is -2.15. The van der Waals surface area contributed by atoms with Gasteiger partial charge in [0.2, 0.25) is 5.78 Å². The van der Waals surface area contributed by atoms with E-state index in [2.05, 4.69) is 4.98 Å². The molecule has 0 bridgehead atoms. The predicted molar refractivity (Wildman–Crippen MR) is 98.0 cm³/mol. The Bertz CT molecular complexity index is 963. The van der Waals surface area contributed by atoms with Gasteiger partial charge in [0.25, 0.3) is 0 Å². The molecule has 0 spiro atoms. The fraction of sp³-hybridized carbons (Fsp3) is 0.150. The van der Waals surface area contributed by atoms with Gasteiger partial charge in [-0.2, -0.15) is 0 Å². The Kier molecular flexibility index (Phi) is 5.23. The molecule has 0 saturated carbocycles. The fourth-order valence-corrected chi connectivity index (χ4v) is 3.30. The van der Waals surface area contributed by atoms with Gasteiger partial charge in [0.05, 0.1) is 0 Å². The van der Waals surface area contributed by atoms with Gasteiger partial charge in [-0.15, -0.1) is 11.3 Å². The average molecular weight is 369 g/mol. The van der Waals surface area contributed by atoms with Crippen molar-refractivity contribution in [2.45, 2.75) is 13.8 Å². The van der Waals surface area contributed by atoms with E-state index in [4.69, 9.17) is 4.74 Å². The molecule has 0 saturated heterocycles. The van der Waals surface area contributed by atoms with Crippen LogP contribution in [0, 0.1) is 19.7 Å². The first kappa shape index (κ1) is 17.9. The highest BCUT2D eigenvalue weighted by atomic mass is 32.1. The molecular formula is C20H16FNO3S. The Morgan fingerprint density at radius 1 is 1.12 bits per heavy atom. The summed E-state index contributed by atoms with van der Waals surface area (Å²) < 4.78 is 18.1. The molecule has 0 unspecified atom stereocenters. The van der Waals surface area contributed by atoms with Gasteiger partial charge in [-0.25, -0.2) is 14.2 Å². The summed E-state index contributed by atoms with van der Waals surface area (Å²) in [6.45, 7) is 3.45.